The van der Waals surface area contributed by atoms with Crippen LogP contribution in [0, 0.1) is 0 Å². The van der Waals surface area contributed by atoms with E-state index in [0.717, 1.165) is 24.1 Å². The molecular formula is C26H25N3O4. The van der Waals surface area contributed by atoms with Crippen LogP contribution in [0.1, 0.15) is 40.1 Å². The molecule has 1 saturated heterocycles. The molecule has 3 aromatic rings. The van der Waals surface area contributed by atoms with Crippen LogP contribution in [0.5, 0.6) is 0 Å². The fourth-order valence-corrected chi connectivity index (χ4v) is 3.59. The van der Waals surface area contributed by atoms with Gasteiger partial charge in [0.05, 0.1) is 6.26 Å². The van der Waals surface area contributed by atoms with Crippen molar-refractivity contribution < 1.29 is 18.8 Å². The summed E-state index contributed by atoms with van der Waals surface area (Å²) in [6.07, 6.45) is 4.53. The van der Waals surface area contributed by atoms with Gasteiger partial charge >= 0.3 is 0 Å². The quantitative estimate of drug-likeness (QED) is 0.522. The van der Waals surface area contributed by atoms with Crippen LogP contribution in [0.2, 0.25) is 0 Å². The number of hydrogen-bond donors (Lipinski definition) is 2. The van der Waals surface area contributed by atoms with Crippen molar-refractivity contribution in [1.29, 1.82) is 0 Å². The zero-order valence-corrected chi connectivity index (χ0v) is 18.1. The second kappa shape index (κ2) is 10.5. The Bertz CT molecular complexity index is 1140. The van der Waals surface area contributed by atoms with Crippen molar-refractivity contribution in [3.63, 3.8) is 0 Å². The highest BCUT2D eigenvalue weighted by atomic mass is 16.3. The summed E-state index contributed by atoms with van der Waals surface area (Å²) in [4.78, 5) is 39.1. The van der Waals surface area contributed by atoms with Crippen molar-refractivity contribution >= 4 is 23.8 Å². The van der Waals surface area contributed by atoms with Gasteiger partial charge in [-0.05, 0) is 41.8 Å². The lowest BCUT2D eigenvalue weighted by Gasteiger charge is -2.15. The molecule has 1 aliphatic rings. The number of rotatable bonds is 8. The van der Waals surface area contributed by atoms with Gasteiger partial charge in [-0.1, -0.05) is 42.5 Å². The molecule has 1 aromatic heterocycles. The summed E-state index contributed by atoms with van der Waals surface area (Å²) in [6.45, 7) is 1.70. The molecule has 0 aliphatic carbocycles. The Labute approximate surface area is 192 Å². The maximum atomic E-state index is 12.9. The monoisotopic (exact) mass is 443 g/mol. The lowest BCUT2D eigenvalue weighted by atomic mass is 10.1. The molecule has 2 aromatic carbocycles. The number of benzene rings is 2. The second-order valence-electron chi connectivity index (χ2n) is 7.81. The molecule has 2 N–H and O–H groups in total. The zero-order chi connectivity index (χ0) is 23.0. The van der Waals surface area contributed by atoms with E-state index in [1.807, 2.05) is 35.2 Å². The van der Waals surface area contributed by atoms with Crippen molar-refractivity contribution in [2.24, 2.45) is 0 Å². The van der Waals surface area contributed by atoms with E-state index in [9.17, 15) is 14.4 Å². The fraction of sp³-hybridized carbons (Fsp3) is 0.192. The average molecular weight is 444 g/mol. The predicted octanol–water partition coefficient (Wildman–Crippen LogP) is 3.49. The van der Waals surface area contributed by atoms with Crippen LogP contribution in [0.15, 0.2) is 83.1 Å². The number of carbonyl (C=O) groups excluding carboxylic acids is 3. The topological polar surface area (TPSA) is 91.7 Å². The molecule has 0 atom stereocenters. The van der Waals surface area contributed by atoms with E-state index in [2.05, 4.69) is 10.6 Å². The molecule has 0 saturated carbocycles. The lowest BCUT2D eigenvalue weighted by Crippen LogP contribution is -2.34. The molecule has 2 heterocycles. The molecule has 0 unspecified atom stereocenters. The zero-order valence-electron chi connectivity index (χ0n) is 18.1. The Kier molecular flexibility index (Phi) is 6.99. The summed E-state index contributed by atoms with van der Waals surface area (Å²) < 4.78 is 5.30. The van der Waals surface area contributed by atoms with Crippen LogP contribution >= 0.6 is 0 Å². The van der Waals surface area contributed by atoms with E-state index in [-0.39, 0.29) is 17.5 Å². The Morgan fingerprint density at radius 2 is 1.73 bits per heavy atom. The molecule has 33 heavy (non-hydrogen) atoms. The smallest absolute Gasteiger partial charge is 0.268 e. The molecule has 168 valence electrons. The Hall–Kier alpha value is -4.13. The van der Waals surface area contributed by atoms with Gasteiger partial charge in [-0.3, -0.25) is 14.4 Å². The normalized spacial score (nSPS) is 13.8. The van der Waals surface area contributed by atoms with Gasteiger partial charge < -0.3 is 20.0 Å². The van der Waals surface area contributed by atoms with E-state index >= 15 is 0 Å². The van der Waals surface area contributed by atoms with E-state index in [4.69, 9.17) is 4.42 Å². The molecular weight excluding hydrogens is 418 g/mol. The molecule has 0 bridgehead atoms. The summed E-state index contributed by atoms with van der Waals surface area (Å²) in [5.74, 6) is -0.166. The highest BCUT2D eigenvalue weighted by molar-refractivity contribution is 6.05. The minimum atomic E-state index is -0.428. The standard InChI is InChI=1S/C26H25N3O4/c30-24-9-4-14-29(24)18-20-12-10-19(11-13-20)17-27-26(32)23(16-22-8-5-15-33-22)28-25(31)21-6-2-1-3-7-21/h1-3,5-8,10-13,15-16H,4,9,14,17-18H2,(H,27,32)(H,28,31)/b23-16-. The van der Waals surface area contributed by atoms with E-state index in [1.165, 1.54) is 12.3 Å². The van der Waals surface area contributed by atoms with Gasteiger partial charge in [0, 0.05) is 37.7 Å². The number of carbonyl (C=O) groups is 3. The van der Waals surface area contributed by atoms with Gasteiger partial charge in [0.1, 0.15) is 11.5 Å². The third kappa shape index (κ3) is 5.98. The second-order valence-corrected chi connectivity index (χ2v) is 7.81. The van der Waals surface area contributed by atoms with Gasteiger partial charge in [-0.15, -0.1) is 0 Å². The number of nitrogens with zero attached hydrogens (tertiary/aromatic N) is 1. The third-order valence-electron chi connectivity index (χ3n) is 5.38. The third-order valence-corrected chi connectivity index (χ3v) is 5.38. The minimum Gasteiger partial charge on any atom is -0.465 e. The summed E-state index contributed by atoms with van der Waals surface area (Å²) in [6, 6.07) is 19.9. The van der Waals surface area contributed by atoms with Crippen LogP contribution in [0.4, 0.5) is 0 Å². The predicted molar refractivity (Wildman–Crippen MR) is 124 cm³/mol. The van der Waals surface area contributed by atoms with Gasteiger partial charge in [0.2, 0.25) is 5.91 Å². The minimum absolute atomic E-state index is 0.0861. The van der Waals surface area contributed by atoms with Gasteiger partial charge in [-0.25, -0.2) is 0 Å². The SMILES string of the molecule is O=C(NCc1ccc(CN2CCCC2=O)cc1)/C(=C/c1ccco1)NC(=O)c1ccccc1. The number of amides is 3. The average Bonchev–Trinajstić information content (AvgIpc) is 3.50. The molecule has 0 radical (unpaired) electrons. The first kappa shape index (κ1) is 22.1. The van der Waals surface area contributed by atoms with E-state index in [1.54, 1.807) is 36.4 Å². The highest BCUT2D eigenvalue weighted by Gasteiger charge is 2.20. The van der Waals surface area contributed by atoms with Crippen molar-refractivity contribution in [1.82, 2.24) is 15.5 Å². The summed E-state index contributed by atoms with van der Waals surface area (Å²) in [5, 5.41) is 5.51. The summed E-state index contributed by atoms with van der Waals surface area (Å²) in [7, 11) is 0. The molecule has 3 amide bonds. The summed E-state index contributed by atoms with van der Waals surface area (Å²) in [5.41, 5.74) is 2.49. The van der Waals surface area contributed by atoms with Crippen molar-refractivity contribution in [3.8, 4) is 0 Å². The number of furan rings is 1. The van der Waals surface area contributed by atoms with Gasteiger partial charge in [0.15, 0.2) is 0 Å². The molecule has 1 aliphatic heterocycles. The van der Waals surface area contributed by atoms with Gasteiger partial charge in [0.25, 0.3) is 11.8 Å². The van der Waals surface area contributed by atoms with Crippen LogP contribution in [0.25, 0.3) is 6.08 Å². The maximum absolute atomic E-state index is 12.9. The first-order valence-corrected chi connectivity index (χ1v) is 10.8. The van der Waals surface area contributed by atoms with Gasteiger partial charge in [-0.2, -0.15) is 0 Å². The number of likely N-dealkylation sites (tertiary alicyclic amines) is 1. The molecule has 4 rings (SSSR count). The lowest BCUT2D eigenvalue weighted by molar-refractivity contribution is -0.128. The van der Waals surface area contributed by atoms with Crippen LogP contribution in [-0.4, -0.2) is 29.2 Å². The number of hydrogen-bond acceptors (Lipinski definition) is 4. The highest BCUT2D eigenvalue weighted by Crippen LogP contribution is 2.15. The van der Waals surface area contributed by atoms with E-state index in [0.29, 0.717) is 30.8 Å². The largest absolute Gasteiger partial charge is 0.465 e. The molecule has 1 fully saturated rings. The van der Waals surface area contributed by atoms with Crippen molar-refractivity contribution in [3.05, 3.63) is 101 Å². The summed E-state index contributed by atoms with van der Waals surface area (Å²) >= 11 is 0. The van der Waals surface area contributed by atoms with Crippen molar-refractivity contribution in [2.45, 2.75) is 25.9 Å². The van der Waals surface area contributed by atoms with E-state index < -0.39 is 5.91 Å². The fourth-order valence-electron chi connectivity index (χ4n) is 3.59. The molecule has 0 spiro atoms. The number of nitrogens with one attached hydrogen (secondary N) is 2. The van der Waals surface area contributed by atoms with Crippen molar-refractivity contribution in [2.75, 3.05) is 6.54 Å². The van der Waals surface area contributed by atoms with Crippen LogP contribution in [-0.2, 0) is 22.7 Å². The Balaban J connectivity index is 1.39. The first-order valence-electron chi connectivity index (χ1n) is 10.8. The molecule has 7 heteroatoms. The first-order chi connectivity index (χ1) is 16.1. The van der Waals surface area contributed by atoms with Crippen LogP contribution < -0.4 is 10.6 Å². The maximum Gasteiger partial charge on any atom is 0.268 e. The Morgan fingerprint density at radius 3 is 2.39 bits per heavy atom. The molecule has 7 nitrogen and oxygen atoms in total. The Morgan fingerprint density at radius 1 is 0.970 bits per heavy atom. The van der Waals surface area contributed by atoms with Crippen LogP contribution in [0.3, 0.4) is 0 Å².